The third-order valence-corrected chi connectivity index (χ3v) is 3.82. The quantitative estimate of drug-likeness (QED) is 0.896. The van der Waals surface area contributed by atoms with Gasteiger partial charge in [0.15, 0.2) is 0 Å². The zero-order valence-corrected chi connectivity index (χ0v) is 12.7. The summed E-state index contributed by atoms with van der Waals surface area (Å²) in [6.45, 7) is 6.86. The van der Waals surface area contributed by atoms with Gasteiger partial charge >= 0.3 is 0 Å². The first-order chi connectivity index (χ1) is 9.54. The summed E-state index contributed by atoms with van der Waals surface area (Å²) in [7, 11) is 1.68. The van der Waals surface area contributed by atoms with E-state index in [1.807, 2.05) is 42.2 Å². The average molecular weight is 276 g/mol. The van der Waals surface area contributed by atoms with Crippen LogP contribution in [-0.2, 0) is 9.53 Å². The molecular formula is C16H24N2O2. The number of rotatable bonds is 5. The number of carbonyl (C=O) groups excluding carboxylic acids is 1. The highest BCUT2D eigenvalue weighted by Gasteiger charge is 2.41. The lowest BCUT2D eigenvalue weighted by Crippen LogP contribution is -2.44. The fourth-order valence-electron chi connectivity index (χ4n) is 2.63. The zero-order chi connectivity index (χ0) is 14.7. The van der Waals surface area contributed by atoms with Crippen molar-refractivity contribution >= 4 is 5.91 Å². The molecule has 4 nitrogen and oxygen atoms in total. The molecule has 0 saturated carbocycles. The number of amides is 1. The van der Waals surface area contributed by atoms with Crippen LogP contribution in [0.1, 0.15) is 32.4 Å². The van der Waals surface area contributed by atoms with Gasteiger partial charge in [-0.3, -0.25) is 10.1 Å². The summed E-state index contributed by atoms with van der Waals surface area (Å²) in [5.41, 5.74) is 1.02. The molecular weight excluding hydrogens is 252 g/mol. The normalized spacial score (nSPS) is 24.4. The molecule has 110 valence electrons. The molecule has 0 aliphatic carbocycles. The van der Waals surface area contributed by atoms with Gasteiger partial charge in [0.05, 0.1) is 12.3 Å². The van der Waals surface area contributed by atoms with Crippen LogP contribution in [0.4, 0.5) is 0 Å². The molecule has 1 aromatic rings. The molecule has 0 bridgehead atoms. The maximum absolute atomic E-state index is 12.7. The van der Waals surface area contributed by atoms with E-state index in [-0.39, 0.29) is 24.2 Å². The van der Waals surface area contributed by atoms with E-state index in [2.05, 4.69) is 19.2 Å². The van der Waals surface area contributed by atoms with Crippen LogP contribution >= 0.6 is 0 Å². The second-order valence-electron chi connectivity index (χ2n) is 5.74. The summed E-state index contributed by atoms with van der Waals surface area (Å²) in [5.74, 6) is 0.496. The van der Waals surface area contributed by atoms with E-state index in [0.29, 0.717) is 12.5 Å². The second-order valence-corrected chi connectivity index (χ2v) is 5.74. The first kappa shape index (κ1) is 15.0. The van der Waals surface area contributed by atoms with Crippen LogP contribution in [0.25, 0.3) is 0 Å². The van der Waals surface area contributed by atoms with Crippen molar-refractivity contribution in [3.63, 3.8) is 0 Å². The van der Waals surface area contributed by atoms with Crippen LogP contribution in [0.2, 0.25) is 0 Å². The highest BCUT2D eigenvalue weighted by atomic mass is 16.5. The van der Waals surface area contributed by atoms with Crippen LogP contribution in [0, 0.1) is 5.92 Å². The fourth-order valence-corrected chi connectivity index (χ4v) is 2.63. The lowest BCUT2D eigenvalue weighted by Gasteiger charge is -2.29. The van der Waals surface area contributed by atoms with Gasteiger partial charge in [-0.1, -0.05) is 44.2 Å². The molecule has 3 unspecified atom stereocenters. The summed E-state index contributed by atoms with van der Waals surface area (Å²) in [5, 5.41) is 3.46. The molecule has 1 N–H and O–H groups in total. The molecule has 20 heavy (non-hydrogen) atoms. The SMILES string of the molecule is COC(C)CN1C(=O)C(c2ccccc2)NC1C(C)C. The Labute approximate surface area is 121 Å². The minimum absolute atomic E-state index is 0.0384. The van der Waals surface area contributed by atoms with Gasteiger partial charge in [-0.05, 0) is 18.4 Å². The number of benzene rings is 1. The Bertz CT molecular complexity index is 447. The van der Waals surface area contributed by atoms with Crippen LogP contribution < -0.4 is 5.32 Å². The Morgan fingerprint density at radius 1 is 1.25 bits per heavy atom. The standard InChI is InChI=1S/C16H24N2O2/c1-11(2)15-17-14(13-8-6-5-7-9-13)16(19)18(15)10-12(3)20-4/h5-9,11-12,14-15,17H,10H2,1-4H3. The zero-order valence-electron chi connectivity index (χ0n) is 12.7. The fraction of sp³-hybridized carbons (Fsp3) is 0.562. The van der Waals surface area contributed by atoms with E-state index < -0.39 is 0 Å². The number of nitrogens with zero attached hydrogens (tertiary/aromatic N) is 1. The van der Waals surface area contributed by atoms with Gasteiger partial charge in [0.2, 0.25) is 5.91 Å². The maximum atomic E-state index is 12.7. The molecule has 3 atom stereocenters. The summed E-state index contributed by atoms with van der Waals surface area (Å²) < 4.78 is 5.31. The van der Waals surface area contributed by atoms with E-state index in [9.17, 15) is 4.79 Å². The molecule has 1 heterocycles. The summed E-state index contributed by atoms with van der Waals surface area (Å²) >= 11 is 0. The van der Waals surface area contributed by atoms with E-state index in [4.69, 9.17) is 4.74 Å². The predicted octanol–water partition coefficient (Wildman–Crippen LogP) is 2.18. The number of methoxy groups -OCH3 is 1. The summed E-state index contributed by atoms with van der Waals surface area (Å²) in [6, 6.07) is 9.65. The van der Waals surface area contributed by atoms with Crippen molar-refractivity contribution in [1.29, 1.82) is 0 Å². The smallest absolute Gasteiger partial charge is 0.245 e. The first-order valence-corrected chi connectivity index (χ1v) is 7.19. The Balaban J connectivity index is 2.21. The molecule has 1 aliphatic rings. The van der Waals surface area contributed by atoms with E-state index >= 15 is 0 Å². The molecule has 2 rings (SSSR count). The maximum Gasteiger partial charge on any atom is 0.245 e. The number of carbonyl (C=O) groups is 1. The number of ether oxygens (including phenoxy) is 1. The third kappa shape index (κ3) is 3.02. The second kappa shape index (κ2) is 6.37. The Morgan fingerprint density at radius 2 is 1.90 bits per heavy atom. The topological polar surface area (TPSA) is 41.6 Å². The van der Waals surface area contributed by atoms with Crippen molar-refractivity contribution in [2.45, 2.75) is 39.1 Å². The molecule has 1 aromatic carbocycles. The number of hydrogen-bond acceptors (Lipinski definition) is 3. The molecule has 0 spiro atoms. The molecule has 1 aliphatic heterocycles. The minimum atomic E-state index is -0.243. The average Bonchev–Trinajstić information content (AvgIpc) is 2.77. The van der Waals surface area contributed by atoms with Crippen LogP contribution in [-0.4, -0.2) is 36.7 Å². The third-order valence-electron chi connectivity index (χ3n) is 3.82. The first-order valence-electron chi connectivity index (χ1n) is 7.19. The van der Waals surface area contributed by atoms with Gasteiger partial charge in [0, 0.05) is 13.7 Å². The molecule has 0 radical (unpaired) electrons. The van der Waals surface area contributed by atoms with Gasteiger partial charge in [-0.15, -0.1) is 0 Å². The Morgan fingerprint density at radius 3 is 2.45 bits per heavy atom. The van der Waals surface area contributed by atoms with E-state index in [1.165, 1.54) is 0 Å². The monoisotopic (exact) mass is 276 g/mol. The van der Waals surface area contributed by atoms with Crippen molar-refractivity contribution < 1.29 is 9.53 Å². The minimum Gasteiger partial charge on any atom is -0.380 e. The lowest BCUT2D eigenvalue weighted by molar-refractivity contribution is -0.132. The number of hydrogen-bond donors (Lipinski definition) is 1. The van der Waals surface area contributed by atoms with Gasteiger partial charge in [0.25, 0.3) is 0 Å². The van der Waals surface area contributed by atoms with Crippen molar-refractivity contribution in [2.24, 2.45) is 5.92 Å². The predicted molar refractivity (Wildman–Crippen MR) is 79.1 cm³/mol. The molecule has 0 aromatic heterocycles. The van der Waals surface area contributed by atoms with Crippen LogP contribution in [0.5, 0.6) is 0 Å². The molecule has 4 heteroatoms. The van der Waals surface area contributed by atoms with Crippen molar-refractivity contribution in [1.82, 2.24) is 10.2 Å². The Hall–Kier alpha value is -1.39. The van der Waals surface area contributed by atoms with E-state index in [0.717, 1.165) is 5.56 Å². The summed E-state index contributed by atoms with van der Waals surface area (Å²) in [4.78, 5) is 14.6. The van der Waals surface area contributed by atoms with Crippen molar-refractivity contribution in [2.75, 3.05) is 13.7 Å². The summed E-state index contributed by atoms with van der Waals surface area (Å²) in [6.07, 6.45) is 0.0989. The van der Waals surface area contributed by atoms with Gasteiger partial charge in [0.1, 0.15) is 6.04 Å². The van der Waals surface area contributed by atoms with Gasteiger partial charge < -0.3 is 9.64 Å². The molecule has 1 fully saturated rings. The molecule has 1 amide bonds. The molecule has 1 saturated heterocycles. The van der Waals surface area contributed by atoms with Crippen molar-refractivity contribution in [3.05, 3.63) is 35.9 Å². The van der Waals surface area contributed by atoms with Gasteiger partial charge in [-0.25, -0.2) is 0 Å². The van der Waals surface area contributed by atoms with Crippen LogP contribution in [0.15, 0.2) is 30.3 Å². The van der Waals surface area contributed by atoms with E-state index in [1.54, 1.807) is 7.11 Å². The van der Waals surface area contributed by atoms with Crippen LogP contribution in [0.3, 0.4) is 0 Å². The highest BCUT2D eigenvalue weighted by Crippen LogP contribution is 2.27. The van der Waals surface area contributed by atoms with Gasteiger partial charge in [-0.2, -0.15) is 0 Å². The Kier molecular flexibility index (Phi) is 4.78. The number of nitrogens with one attached hydrogen (secondary N) is 1. The highest BCUT2D eigenvalue weighted by molar-refractivity contribution is 5.85. The van der Waals surface area contributed by atoms with Crippen molar-refractivity contribution in [3.8, 4) is 0 Å². The largest absolute Gasteiger partial charge is 0.380 e. The lowest BCUT2D eigenvalue weighted by atomic mass is 10.1.